The number of ketones is 1. The first-order valence-electron chi connectivity index (χ1n) is 9.22. The van der Waals surface area contributed by atoms with Crippen LogP contribution in [0, 0.1) is 0 Å². The smallest absolute Gasteiger partial charge is 0.136 e. The molecule has 0 amide bonds. The van der Waals surface area contributed by atoms with Crippen molar-refractivity contribution in [2.75, 3.05) is 0 Å². The molecule has 0 rings (SSSR count). The van der Waals surface area contributed by atoms with E-state index in [1.807, 2.05) is 13.0 Å². The van der Waals surface area contributed by atoms with Crippen molar-refractivity contribution in [3.63, 3.8) is 0 Å². The van der Waals surface area contributed by atoms with Crippen molar-refractivity contribution in [2.45, 2.75) is 65.2 Å². The van der Waals surface area contributed by atoms with Crippen molar-refractivity contribution in [3.05, 3.63) is 72.9 Å². The Morgan fingerprint density at radius 2 is 0.875 bits per heavy atom. The summed E-state index contributed by atoms with van der Waals surface area (Å²) in [6, 6.07) is 0. The Morgan fingerprint density at radius 1 is 0.542 bits per heavy atom. The van der Waals surface area contributed by atoms with Crippen molar-refractivity contribution in [1.82, 2.24) is 0 Å². The summed E-state index contributed by atoms with van der Waals surface area (Å²) in [6.07, 6.45) is 33.2. The minimum atomic E-state index is 0.301. The molecule has 24 heavy (non-hydrogen) atoms. The molecule has 0 aliphatic rings. The second-order valence-corrected chi connectivity index (χ2v) is 5.51. The predicted molar refractivity (Wildman–Crippen MR) is 108 cm³/mol. The lowest BCUT2D eigenvalue weighted by Gasteiger charge is -1.88. The van der Waals surface area contributed by atoms with Gasteiger partial charge in [0.15, 0.2) is 0 Å². The molecule has 0 saturated heterocycles. The zero-order valence-electron chi connectivity index (χ0n) is 15.5. The van der Waals surface area contributed by atoms with Gasteiger partial charge >= 0.3 is 0 Å². The van der Waals surface area contributed by atoms with Gasteiger partial charge in [-0.3, -0.25) is 4.79 Å². The van der Waals surface area contributed by atoms with Crippen LogP contribution in [-0.2, 0) is 4.79 Å². The number of rotatable bonds is 14. The van der Waals surface area contributed by atoms with E-state index in [9.17, 15) is 4.79 Å². The third-order valence-electron chi connectivity index (χ3n) is 3.34. The van der Waals surface area contributed by atoms with Crippen LogP contribution in [0.2, 0.25) is 0 Å². The number of carbonyl (C=O) groups excluding carboxylic acids is 1. The van der Waals surface area contributed by atoms with Crippen LogP contribution in [0.15, 0.2) is 72.9 Å². The summed E-state index contributed by atoms with van der Waals surface area (Å²) < 4.78 is 0. The average molecular weight is 327 g/mol. The van der Waals surface area contributed by atoms with Crippen LogP contribution in [0.5, 0.6) is 0 Å². The highest BCUT2D eigenvalue weighted by Gasteiger charge is 1.90. The van der Waals surface area contributed by atoms with E-state index in [0.29, 0.717) is 18.6 Å². The molecule has 0 spiro atoms. The van der Waals surface area contributed by atoms with Crippen LogP contribution in [0.1, 0.15) is 65.2 Å². The Morgan fingerprint density at radius 3 is 1.21 bits per heavy atom. The molecule has 0 aromatic rings. The minimum Gasteiger partial charge on any atom is -0.299 e. The molecule has 0 fully saturated rings. The van der Waals surface area contributed by atoms with Crippen molar-refractivity contribution >= 4 is 5.78 Å². The summed E-state index contributed by atoms with van der Waals surface area (Å²) >= 11 is 0. The SMILES string of the molecule is CC/C=C\C/C=C\C/C=C\C/C=C\C/C=C\C/C=C\CC(=O)CC. The molecule has 1 heteroatoms. The molecule has 0 unspecified atom stereocenters. The van der Waals surface area contributed by atoms with Gasteiger partial charge in [0.25, 0.3) is 0 Å². The Balaban J connectivity index is 3.54. The maximum absolute atomic E-state index is 11.1. The van der Waals surface area contributed by atoms with Crippen LogP contribution in [0.4, 0.5) is 0 Å². The largest absolute Gasteiger partial charge is 0.299 e. The highest BCUT2D eigenvalue weighted by atomic mass is 16.1. The van der Waals surface area contributed by atoms with Crippen LogP contribution >= 0.6 is 0 Å². The Bertz CT molecular complexity index is 458. The fraction of sp³-hybridized carbons (Fsp3) is 0.435. The van der Waals surface area contributed by atoms with Gasteiger partial charge in [0.1, 0.15) is 5.78 Å². The summed E-state index contributed by atoms with van der Waals surface area (Å²) in [6.45, 7) is 4.06. The van der Waals surface area contributed by atoms with Crippen molar-refractivity contribution in [2.24, 2.45) is 0 Å². The fourth-order valence-electron chi connectivity index (χ4n) is 1.88. The van der Waals surface area contributed by atoms with E-state index in [1.54, 1.807) is 0 Å². The fourth-order valence-corrected chi connectivity index (χ4v) is 1.88. The van der Waals surface area contributed by atoms with E-state index in [0.717, 1.165) is 38.5 Å². The molecule has 132 valence electrons. The molecule has 0 aromatic carbocycles. The average Bonchev–Trinajstić information content (AvgIpc) is 2.60. The molecule has 0 aliphatic heterocycles. The summed E-state index contributed by atoms with van der Waals surface area (Å²) in [5, 5.41) is 0. The van der Waals surface area contributed by atoms with E-state index in [2.05, 4.69) is 73.8 Å². The van der Waals surface area contributed by atoms with Gasteiger partial charge in [0.2, 0.25) is 0 Å². The van der Waals surface area contributed by atoms with Gasteiger partial charge in [-0.25, -0.2) is 0 Å². The van der Waals surface area contributed by atoms with Crippen LogP contribution in [-0.4, -0.2) is 5.78 Å². The lowest BCUT2D eigenvalue weighted by molar-refractivity contribution is -0.117. The highest BCUT2D eigenvalue weighted by Crippen LogP contribution is 1.97. The van der Waals surface area contributed by atoms with Gasteiger partial charge in [0, 0.05) is 12.8 Å². The molecule has 0 saturated carbocycles. The van der Waals surface area contributed by atoms with E-state index in [4.69, 9.17) is 0 Å². The lowest BCUT2D eigenvalue weighted by atomic mass is 10.2. The first-order chi connectivity index (χ1) is 11.8. The molecular formula is C23H34O. The molecule has 0 aromatic heterocycles. The molecule has 0 aliphatic carbocycles. The monoisotopic (exact) mass is 326 g/mol. The molecule has 0 atom stereocenters. The zero-order chi connectivity index (χ0) is 17.7. The first-order valence-corrected chi connectivity index (χ1v) is 9.22. The quantitative estimate of drug-likeness (QED) is 0.312. The van der Waals surface area contributed by atoms with E-state index in [-0.39, 0.29) is 0 Å². The molecule has 0 bridgehead atoms. The summed E-state index contributed by atoms with van der Waals surface area (Å²) in [4.78, 5) is 11.1. The molecule has 0 radical (unpaired) electrons. The van der Waals surface area contributed by atoms with Crippen LogP contribution in [0.3, 0.4) is 0 Å². The molecule has 1 nitrogen and oxygen atoms in total. The molecular weight excluding hydrogens is 292 g/mol. The molecule has 0 N–H and O–H groups in total. The number of allylic oxidation sites excluding steroid dienone is 12. The maximum Gasteiger partial charge on any atom is 0.136 e. The van der Waals surface area contributed by atoms with Gasteiger partial charge in [-0.15, -0.1) is 0 Å². The zero-order valence-corrected chi connectivity index (χ0v) is 15.5. The standard InChI is InChI=1S/C23H34O/c1-3-5-6-7-8-9-10-11-12-13-14-15-16-17-18-19-20-21-22-23(24)4-2/h5-6,8-9,11-12,14-15,17-18,20-21H,3-4,7,10,13,16,19,22H2,1-2H3/b6-5-,9-8-,12-11-,15-14-,18-17-,21-20-. The van der Waals surface area contributed by atoms with Gasteiger partial charge in [-0.2, -0.15) is 0 Å². The number of Topliss-reactive ketones (excluding diaryl/α,β-unsaturated/α-hetero) is 1. The lowest BCUT2D eigenvalue weighted by Crippen LogP contribution is -1.90. The summed E-state index contributed by atoms with van der Waals surface area (Å²) in [7, 11) is 0. The summed E-state index contributed by atoms with van der Waals surface area (Å²) in [5.74, 6) is 0.301. The van der Waals surface area contributed by atoms with E-state index >= 15 is 0 Å². The predicted octanol–water partition coefficient (Wildman–Crippen LogP) is 7.05. The topological polar surface area (TPSA) is 17.1 Å². The van der Waals surface area contributed by atoms with E-state index in [1.165, 1.54) is 0 Å². The van der Waals surface area contributed by atoms with Crippen LogP contribution in [0.25, 0.3) is 0 Å². The maximum atomic E-state index is 11.1. The van der Waals surface area contributed by atoms with Crippen molar-refractivity contribution in [3.8, 4) is 0 Å². The van der Waals surface area contributed by atoms with Gasteiger partial charge in [-0.05, 0) is 38.5 Å². The Kier molecular flexibility index (Phi) is 17.6. The van der Waals surface area contributed by atoms with Crippen molar-refractivity contribution in [1.29, 1.82) is 0 Å². The van der Waals surface area contributed by atoms with Gasteiger partial charge in [0.05, 0.1) is 0 Å². The first kappa shape index (κ1) is 22.1. The highest BCUT2D eigenvalue weighted by molar-refractivity contribution is 5.79. The normalized spacial score (nSPS) is 13.1. The van der Waals surface area contributed by atoms with Gasteiger partial charge in [-0.1, -0.05) is 86.8 Å². The Labute approximate surface area is 149 Å². The third kappa shape index (κ3) is 18.2. The minimum absolute atomic E-state index is 0.301. The molecule has 0 heterocycles. The number of hydrogen-bond donors (Lipinski definition) is 0. The van der Waals surface area contributed by atoms with Crippen molar-refractivity contribution < 1.29 is 4.79 Å². The summed E-state index contributed by atoms with van der Waals surface area (Å²) in [5.41, 5.74) is 0. The Hall–Kier alpha value is -1.89. The van der Waals surface area contributed by atoms with Gasteiger partial charge < -0.3 is 0 Å². The second-order valence-electron chi connectivity index (χ2n) is 5.51. The van der Waals surface area contributed by atoms with Crippen LogP contribution < -0.4 is 0 Å². The van der Waals surface area contributed by atoms with E-state index < -0.39 is 0 Å². The third-order valence-corrected chi connectivity index (χ3v) is 3.34. The number of hydrogen-bond acceptors (Lipinski definition) is 1. The number of carbonyl (C=O) groups is 1. The second kappa shape index (κ2) is 19.2.